The Morgan fingerprint density at radius 1 is 1.16 bits per heavy atom. The van der Waals surface area contributed by atoms with Gasteiger partial charge in [0.15, 0.2) is 0 Å². The summed E-state index contributed by atoms with van der Waals surface area (Å²) in [4.78, 5) is 23.6. The first-order chi connectivity index (χ1) is 8.97. The number of hydrogen-bond donors (Lipinski definition) is 2. The molecule has 1 aromatic carbocycles. The molecule has 1 aliphatic rings. The molecule has 0 bridgehead atoms. The molecule has 2 N–H and O–H groups in total. The largest absolute Gasteiger partial charge is 0.354 e. The minimum Gasteiger partial charge on any atom is -0.354 e. The fraction of sp³-hybridized carbons (Fsp3) is 0.429. The van der Waals surface area contributed by atoms with Gasteiger partial charge in [0.1, 0.15) is 5.82 Å². The Balaban J connectivity index is 1.86. The number of amides is 2. The van der Waals surface area contributed by atoms with Crippen LogP contribution in [0.15, 0.2) is 24.3 Å². The van der Waals surface area contributed by atoms with E-state index < -0.39 is 0 Å². The number of hydrogen-bond acceptors (Lipinski definition) is 2. The van der Waals surface area contributed by atoms with Gasteiger partial charge in [0, 0.05) is 11.7 Å². The molecule has 2 atom stereocenters. The van der Waals surface area contributed by atoms with Gasteiger partial charge in [-0.3, -0.25) is 9.59 Å². The van der Waals surface area contributed by atoms with Crippen LogP contribution in [0, 0.1) is 17.7 Å². The summed E-state index contributed by atoms with van der Waals surface area (Å²) < 4.78 is 12.7. The third-order valence-corrected chi connectivity index (χ3v) is 3.01. The van der Waals surface area contributed by atoms with Crippen molar-refractivity contribution in [2.75, 3.05) is 5.32 Å². The predicted octanol–water partition coefficient (Wildman–Crippen LogP) is 1.92. The molecule has 0 radical (unpaired) electrons. The van der Waals surface area contributed by atoms with Crippen LogP contribution in [0.2, 0.25) is 0 Å². The molecule has 0 heterocycles. The van der Waals surface area contributed by atoms with Crippen LogP contribution in [0.25, 0.3) is 0 Å². The third-order valence-electron chi connectivity index (χ3n) is 3.01. The number of halogens is 1. The second-order valence-corrected chi connectivity index (χ2v) is 5.11. The Morgan fingerprint density at radius 2 is 1.74 bits per heavy atom. The van der Waals surface area contributed by atoms with Gasteiger partial charge in [-0.15, -0.1) is 0 Å². The highest BCUT2D eigenvalue weighted by Crippen LogP contribution is 2.39. The van der Waals surface area contributed by atoms with Gasteiger partial charge >= 0.3 is 0 Å². The maximum absolute atomic E-state index is 12.7. The van der Waals surface area contributed by atoms with E-state index in [-0.39, 0.29) is 35.5 Å². The van der Waals surface area contributed by atoms with E-state index in [2.05, 4.69) is 10.6 Å². The van der Waals surface area contributed by atoms with E-state index in [9.17, 15) is 14.0 Å². The quantitative estimate of drug-likeness (QED) is 0.873. The van der Waals surface area contributed by atoms with Crippen molar-refractivity contribution in [2.45, 2.75) is 26.3 Å². The number of rotatable bonds is 4. The summed E-state index contributed by atoms with van der Waals surface area (Å²) >= 11 is 0. The van der Waals surface area contributed by atoms with Crippen LogP contribution >= 0.6 is 0 Å². The summed E-state index contributed by atoms with van der Waals surface area (Å²) in [6.07, 6.45) is 0.575. The molecule has 4 nitrogen and oxygen atoms in total. The van der Waals surface area contributed by atoms with Crippen molar-refractivity contribution in [3.8, 4) is 0 Å². The number of carbonyl (C=O) groups excluding carboxylic acids is 2. The van der Waals surface area contributed by atoms with Gasteiger partial charge in [-0.05, 0) is 44.5 Å². The van der Waals surface area contributed by atoms with E-state index >= 15 is 0 Å². The first-order valence-corrected chi connectivity index (χ1v) is 6.34. The summed E-state index contributed by atoms with van der Waals surface area (Å²) in [5.41, 5.74) is 0.543. The molecule has 2 rings (SSSR count). The molecule has 1 aliphatic carbocycles. The molecule has 2 amide bonds. The average Bonchev–Trinajstić information content (AvgIpc) is 3.11. The monoisotopic (exact) mass is 264 g/mol. The van der Waals surface area contributed by atoms with E-state index in [0.29, 0.717) is 12.1 Å². The molecular formula is C14H17FN2O2. The maximum atomic E-state index is 12.7. The second kappa shape index (κ2) is 5.38. The topological polar surface area (TPSA) is 58.2 Å². The van der Waals surface area contributed by atoms with Crippen LogP contribution in [0.1, 0.15) is 20.3 Å². The minimum absolute atomic E-state index is 0.0748. The van der Waals surface area contributed by atoms with Gasteiger partial charge in [-0.25, -0.2) is 4.39 Å². The lowest BCUT2D eigenvalue weighted by Crippen LogP contribution is -2.32. The number of nitrogens with one attached hydrogen (secondary N) is 2. The van der Waals surface area contributed by atoms with Crippen LogP contribution in [-0.2, 0) is 9.59 Å². The minimum atomic E-state index is -0.349. The van der Waals surface area contributed by atoms with E-state index in [0.717, 1.165) is 0 Å². The molecule has 1 saturated carbocycles. The number of anilines is 1. The molecule has 102 valence electrons. The maximum Gasteiger partial charge on any atom is 0.228 e. The van der Waals surface area contributed by atoms with Crippen LogP contribution in [-0.4, -0.2) is 17.9 Å². The van der Waals surface area contributed by atoms with E-state index in [1.807, 2.05) is 13.8 Å². The highest BCUT2D eigenvalue weighted by molar-refractivity contribution is 5.99. The van der Waals surface area contributed by atoms with E-state index in [4.69, 9.17) is 0 Å². The number of carbonyl (C=O) groups is 2. The average molecular weight is 264 g/mol. The summed E-state index contributed by atoms with van der Waals surface area (Å²) in [7, 11) is 0. The lowest BCUT2D eigenvalue weighted by Gasteiger charge is -2.08. The molecule has 1 fully saturated rings. The van der Waals surface area contributed by atoms with Crippen molar-refractivity contribution in [1.82, 2.24) is 5.32 Å². The summed E-state index contributed by atoms with van der Waals surface area (Å²) in [6, 6.07) is 5.64. The highest BCUT2D eigenvalue weighted by atomic mass is 19.1. The molecule has 1 aromatic rings. The molecule has 0 aromatic heterocycles. The van der Waals surface area contributed by atoms with Gasteiger partial charge in [0.05, 0.1) is 11.8 Å². The number of benzene rings is 1. The van der Waals surface area contributed by atoms with Gasteiger partial charge in [-0.2, -0.15) is 0 Å². The Bertz CT molecular complexity index is 485. The zero-order valence-electron chi connectivity index (χ0n) is 10.9. The first-order valence-electron chi connectivity index (χ1n) is 6.34. The zero-order chi connectivity index (χ0) is 14.0. The third kappa shape index (κ3) is 3.53. The fourth-order valence-electron chi connectivity index (χ4n) is 1.93. The van der Waals surface area contributed by atoms with Gasteiger partial charge < -0.3 is 10.6 Å². The van der Waals surface area contributed by atoms with Crippen molar-refractivity contribution >= 4 is 17.5 Å². The molecule has 19 heavy (non-hydrogen) atoms. The standard InChI is InChI=1S/C14H17FN2O2/c1-8(2)16-13(18)11-7-12(11)14(19)17-10-5-3-9(15)4-6-10/h3-6,8,11-12H,7H2,1-2H3,(H,16,18)(H,17,19). The van der Waals surface area contributed by atoms with Crippen molar-refractivity contribution in [2.24, 2.45) is 11.8 Å². The van der Waals surface area contributed by atoms with Crippen molar-refractivity contribution in [1.29, 1.82) is 0 Å². The molecule has 5 heteroatoms. The van der Waals surface area contributed by atoms with Crippen LogP contribution in [0.3, 0.4) is 0 Å². The van der Waals surface area contributed by atoms with E-state index in [1.165, 1.54) is 24.3 Å². The smallest absolute Gasteiger partial charge is 0.228 e. The Labute approximate surface area is 111 Å². The van der Waals surface area contributed by atoms with E-state index in [1.54, 1.807) is 0 Å². The van der Waals surface area contributed by atoms with Crippen molar-refractivity contribution in [3.63, 3.8) is 0 Å². The highest BCUT2D eigenvalue weighted by Gasteiger charge is 2.48. The SMILES string of the molecule is CC(C)NC(=O)C1CC1C(=O)Nc1ccc(F)cc1. The molecular weight excluding hydrogens is 247 g/mol. The second-order valence-electron chi connectivity index (χ2n) is 5.11. The Hall–Kier alpha value is -1.91. The van der Waals surface area contributed by atoms with Gasteiger partial charge in [0.2, 0.25) is 11.8 Å². The summed E-state index contributed by atoms with van der Waals surface area (Å²) in [5.74, 6) is -1.12. The lowest BCUT2D eigenvalue weighted by molar-refractivity contribution is -0.125. The van der Waals surface area contributed by atoms with Crippen molar-refractivity contribution < 1.29 is 14.0 Å². The molecule has 2 unspecified atom stereocenters. The fourth-order valence-corrected chi connectivity index (χ4v) is 1.93. The van der Waals surface area contributed by atoms with Crippen LogP contribution in [0.4, 0.5) is 10.1 Å². The van der Waals surface area contributed by atoms with Crippen LogP contribution in [0.5, 0.6) is 0 Å². The Morgan fingerprint density at radius 3 is 2.32 bits per heavy atom. The molecule has 0 saturated heterocycles. The predicted molar refractivity (Wildman–Crippen MR) is 69.9 cm³/mol. The van der Waals surface area contributed by atoms with Crippen LogP contribution < -0.4 is 10.6 Å². The normalized spacial score (nSPS) is 21.1. The van der Waals surface area contributed by atoms with Crippen molar-refractivity contribution in [3.05, 3.63) is 30.1 Å². The lowest BCUT2D eigenvalue weighted by atomic mass is 10.2. The zero-order valence-corrected chi connectivity index (χ0v) is 10.9. The molecule has 0 aliphatic heterocycles. The van der Waals surface area contributed by atoms with Gasteiger partial charge in [0.25, 0.3) is 0 Å². The van der Waals surface area contributed by atoms with Gasteiger partial charge in [-0.1, -0.05) is 0 Å². The summed E-state index contributed by atoms with van der Waals surface area (Å²) in [5, 5.41) is 5.48. The Kier molecular flexibility index (Phi) is 3.83. The summed E-state index contributed by atoms with van der Waals surface area (Å²) in [6.45, 7) is 3.77. The first kappa shape index (κ1) is 13.5. The molecule has 0 spiro atoms.